The molecule has 1 aromatic heterocycles. The van der Waals surface area contributed by atoms with Crippen LogP contribution in [0.5, 0.6) is 0 Å². The minimum Gasteiger partial charge on any atom is -0.367 e. The molecule has 1 N–H and O–H groups in total. The number of rotatable bonds is 4. The molecule has 0 aliphatic heterocycles. The maximum Gasteiger partial charge on any atom is 0.145 e. The molecule has 0 aromatic carbocycles. The first-order chi connectivity index (χ1) is 6.76. The van der Waals surface area contributed by atoms with Gasteiger partial charge in [0.2, 0.25) is 0 Å². The molecule has 1 heterocycles. The standard InChI is InChI=1S/C10H12N4/c1-3-4-8(2)14-10-5-9(6-11)12-7-13-10/h3,5,7-8H,1,4H2,2H3,(H,12,13,14). The number of nitrogens with one attached hydrogen (secondary N) is 1. The van der Waals surface area contributed by atoms with Gasteiger partial charge in [0.25, 0.3) is 0 Å². The van der Waals surface area contributed by atoms with Crippen LogP contribution in [0, 0.1) is 11.3 Å². The van der Waals surface area contributed by atoms with Crippen LogP contribution in [-0.2, 0) is 0 Å². The second-order valence-electron chi connectivity index (χ2n) is 2.97. The summed E-state index contributed by atoms with van der Waals surface area (Å²) in [6, 6.07) is 3.84. The van der Waals surface area contributed by atoms with Crippen molar-refractivity contribution in [2.24, 2.45) is 0 Å². The van der Waals surface area contributed by atoms with Gasteiger partial charge in [-0.05, 0) is 13.3 Å². The molecule has 4 nitrogen and oxygen atoms in total. The van der Waals surface area contributed by atoms with Crippen LogP contribution in [0.25, 0.3) is 0 Å². The second kappa shape index (κ2) is 4.97. The molecule has 0 spiro atoms. The lowest BCUT2D eigenvalue weighted by molar-refractivity contribution is 0.806. The van der Waals surface area contributed by atoms with Crippen LogP contribution in [0.3, 0.4) is 0 Å². The van der Waals surface area contributed by atoms with E-state index in [9.17, 15) is 0 Å². The van der Waals surface area contributed by atoms with Crippen molar-refractivity contribution in [1.29, 1.82) is 5.26 Å². The monoisotopic (exact) mass is 188 g/mol. The molecular weight excluding hydrogens is 176 g/mol. The van der Waals surface area contributed by atoms with Gasteiger partial charge in [0.15, 0.2) is 0 Å². The summed E-state index contributed by atoms with van der Waals surface area (Å²) in [6.45, 7) is 5.67. The highest BCUT2D eigenvalue weighted by atomic mass is 15.0. The topological polar surface area (TPSA) is 61.6 Å². The molecule has 4 heteroatoms. The third-order valence-electron chi connectivity index (χ3n) is 1.70. The van der Waals surface area contributed by atoms with Gasteiger partial charge in [0.05, 0.1) is 0 Å². The third-order valence-corrected chi connectivity index (χ3v) is 1.70. The van der Waals surface area contributed by atoms with Gasteiger partial charge in [-0.25, -0.2) is 9.97 Å². The fourth-order valence-corrected chi connectivity index (χ4v) is 1.06. The fourth-order valence-electron chi connectivity index (χ4n) is 1.06. The van der Waals surface area contributed by atoms with Crippen molar-refractivity contribution in [1.82, 2.24) is 9.97 Å². The van der Waals surface area contributed by atoms with E-state index in [1.54, 1.807) is 6.07 Å². The molecule has 0 aliphatic rings. The minimum atomic E-state index is 0.258. The van der Waals surface area contributed by atoms with Crippen molar-refractivity contribution in [3.8, 4) is 6.07 Å². The van der Waals surface area contributed by atoms with Crippen LogP contribution in [0.4, 0.5) is 5.82 Å². The average molecular weight is 188 g/mol. The molecule has 0 saturated heterocycles. The number of anilines is 1. The predicted molar refractivity (Wildman–Crippen MR) is 54.6 cm³/mol. The summed E-state index contributed by atoms with van der Waals surface area (Å²) in [5, 5.41) is 11.8. The fraction of sp³-hybridized carbons (Fsp3) is 0.300. The Labute approximate surface area is 83.3 Å². The molecule has 0 bridgehead atoms. The molecule has 0 amide bonds. The molecule has 1 unspecified atom stereocenters. The van der Waals surface area contributed by atoms with E-state index in [2.05, 4.69) is 21.9 Å². The highest BCUT2D eigenvalue weighted by Gasteiger charge is 2.01. The largest absolute Gasteiger partial charge is 0.367 e. The van der Waals surface area contributed by atoms with E-state index in [1.165, 1.54) is 6.33 Å². The predicted octanol–water partition coefficient (Wildman–Crippen LogP) is 1.72. The zero-order valence-electron chi connectivity index (χ0n) is 8.07. The van der Waals surface area contributed by atoms with E-state index < -0.39 is 0 Å². The Morgan fingerprint density at radius 2 is 2.50 bits per heavy atom. The zero-order chi connectivity index (χ0) is 10.4. The van der Waals surface area contributed by atoms with Crippen LogP contribution >= 0.6 is 0 Å². The molecular formula is C10H12N4. The van der Waals surface area contributed by atoms with Gasteiger partial charge in [0.1, 0.15) is 23.9 Å². The van der Waals surface area contributed by atoms with Crippen molar-refractivity contribution in [2.45, 2.75) is 19.4 Å². The number of hydrogen-bond acceptors (Lipinski definition) is 4. The molecule has 0 aliphatic carbocycles. The zero-order valence-corrected chi connectivity index (χ0v) is 8.07. The summed E-state index contributed by atoms with van der Waals surface area (Å²) in [7, 11) is 0. The van der Waals surface area contributed by atoms with Gasteiger partial charge in [0, 0.05) is 12.1 Å². The summed E-state index contributed by atoms with van der Waals surface area (Å²) in [6.07, 6.45) is 4.07. The molecule has 72 valence electrons. The maximum atomic E-state index is 8.62. The third kappa shape index (κ3) is 2.87. The minimum absolute atomic E-state index is 0.258. The molecule has 1 aromatic rings. The van der Waals surface area contributed by atoms with Crippen molar-refractivity contribution >= 4 is 5.82 Å². The molecule has 14 heavy (non-hydrogen) atoms. The first kappa shape index (κ1) is 10.2. The Morgan fingerprint density at radius 3 is 3.14 bits per heavy atom. The number of nitriles is 1. The highest BCUT2D eigenvalue weighted by Crippen LogP contribution is 2.06. The normalized spacial score (nSPS) is 11.4. The van der Waals surface area contributed by atoms with E-state index >= 15 is 0 Å². The quantitative estimate of drug-likeness (QED) is 0.731. The SMILES string of the molecule is C=CCC(C)Nc1cc(C#N)ncn1. The van der Waals surface area contributed by atoms with Gasteiger partial charge in [-0.15, -0.1) is 6.58 Å². The lowest BCUT2D eigenvalue weighted by atomic mass is 10.2. The smallest absolute Gasteiger partial charge is 0.145 e. The summed E-state index contributed by atoms with van der Waals surface area (Å²) < 4.78 is 0. The maximum absolute atomic E-state index is 8.62. The summed E-state index contributed by atoms with van der Waals surface area (Å²) in [5.74, 6) is 0.672. The van der Waals surface area contributed by atoms with Crippen molar-refractivity contribution in [3.05, 3.63) is 30.7 Å². The van der Waals surface area contributed by atoms with Crippen LogP contribution in [0.2, 0.25) is 0 Å². The second-order valence-corrected chi connectivity index (χ2v) is 2.97. The van der Waals surface area contributed by atoms with Crippen LogP contribution < -0.4 is 5.32 Å². The number of aromatic nitrogens is 2. The van der Waals surface area contributed by atoms with E-state index in [1.807, 2.05) is 19.1 Å². The van der Waals surface area contributed by atoms with Crippen molar-refractivity contribution < 1.29 is 0 Å². The molecule has 1 atom stereocenters. The van der Waals surface area contributed by atoms with Crippen molar-refractivity contribution in [3.63, 3.8) is 0 Å². The average Bonchev–Trinajstić information content (AvgIpc) is 2.18. The van der Waals surface area contributed by atoms with Crippen molar-refractivity contribution in [2.75, 3.05) is 5.32 Å². The Kier molecular flexibility index (Phi) is 3.62. The first-order valence-electron chi connectivity index (χ1n) is 4.36. The van der Waals surface area contributed by atoms with E-state index in [0.717, 1.165) is 6.42 Å². The molecule has 0 saturated carbocycles. The van der Waals surface area contributed by atoms with Gasteiger partial charge in [-0.2, -0.15) is 5.26 Å². The molecule has 0 radical (unpaired) electrons. The van der Waals surface area contributed by atoms with E-state index in [4.69, 9.17) is 5.26 Å². The summed E-state index contributed by atoms with van der Waals surface area (Å²) >= 11 is 0. The summed E-state index contributed by atoms with van der Waals surface area (Å²) in [5.41, 5.74) is 0.369. The first-order valence-corrected chi connectivity index (χ1v) is 4.36. The number of nitrogens with zero attached hydrogens (tertiary/aromatic N) is 3. The van der Waals surface area contributed by atoms with Gasteiger partial charge in [-0.1, -0.05) is 6.08 Å². The Balaban J connectivity index is 2.67. The lowest BCUT2D eigenvalue weighted by Crippen LogP contribution is -2.14. The van der Waals surface area contributed by atoms with Crippen LogP contribution in [-0.4, -0.2) is 16.0 Å². The lowest BCUT2D eigenvalue weighted by Gasteiger charge is -2.11. The van der Waals surface area contributed by atoms with Gasteiger partial charge in [-0.3, -0.25) is 0 Å². The highest BCUT2D eigenvalue weighted by molar-refractivity contribution is 5.39. The Bertz CT molecular complexity index is 353. The van der Waals surface area contributed by atoms with E-state index in [0.29, 0.717) is 11.5 Å². The molecule has 0 fully saturated rings. The summed E-state index contributed by atoms with van der Waals surface area (Å²) in [4.78, 5) is 7.78. The van der Waals surface area contributed by atoms with Crippen LogP contribution in [0.15, 0.2) is 25.0 Å². The molecule has 1 rings (SSSR count). The Morgan fingerprint density at radius 1 is 1.71 bits per heavy atom. The van der Waals surface area contributed by atoms with Gasteiger partial charge < -0.3 is 5.32 Å². The van der Waals surface area contributed by atoms with Crippen LogP contribution in [0.1, 0.15) is 19.0 Å². The van der Waals surface area contributed by atoms with E-state index in [-0.39, 0.29) is 6.04 Å². The van der Waals surface area contributed by atoms with Gasteiger partial charge >= 0.3 is 0 Å². The number of hydrogen-bond donors (Lipinski definition) is 1. The Hall–Kier alpha value is -1.89.